The summed E-state index contributed by atoms with van der Waals surface area (Å²) in [4.78, 5) is 40.5. The van der Waals surface area contributed by atoms with E-state index in [9.17, 15) is 24.8 Å². The number of esters is 1. The number of carbonyl (C=O) groups excluding carboxylic acids is 2. The molecule has 28 heavy (non-hydrogen) atoms. The van der Waals surface area contributed by atoms with Crippen LogP contribution in [0.3, 0.4) is 0 Å². The molecule has 0 N–H and O–H groups in total. The number of nitro benzene ring substituents is 1. The first-order chi connectivity index (χ1) is 13.2. The topological polar surface area (TPSA) is 122 Å². The van der Waals surface area contributed by atoms with Gasteiger partial charge in [0.05, 0.1) is 11.0 Å². The summed E-state index contributed by atoms with van der Waals surface area (Å²) in [6.45, 7) is 5.13. The number of Topliss-reactive ketones (excluding diaryl/α,β-unsaturated/α-hetero) is 1. The van der Waals surface area contributed by atoms with Crippen molar-refractivity contribution >= 4 is 23.2 Å². The third-order valence-electron chi connectivity index (χ3n) is 4.98. The number of nitrogens with zero attached hydrogens (tertiary/aromatic N) is 2. The maximum absolute atomic E-state index is 12.8. The Morgan fingerprint density at radius 3 is 2.68 bits per heavy atom. The van der Waals surface area contributed by atoms with Gasteiger partial charge in [0.2, 0.25) is 0 Å². The van der Waals surface area contributed by atoms with Crippen LogP contribution in [0.2, 0.25) is 0 Å². The summed E-state index contributed by atoms with van der Waals surface area (Å²) in [5.41, 5.74) is 1.29. The van der Waals surface area contributed by atoms with Crippen LogP contribution in [0.15, 0.2) is 34.5 Å². The highest BCUT2D eigenvalue weighted by atomic mass is 16.6. The molecular formula is C20H21N2O6-. The summed E-state index contributed by atoms with van der Waals surface area (Å²) < 4.78 is 5.38. The Morgan fingerprint density at radius 2 is 2.04 bits per heavy atom. The average molecular weight is 385 g/mol. The van der Waals surface area contributed by atoms with E-state index in [0.29, 0.717) is 41.8 Å². The zero-order valence-corrected chi connectivity index (χ0v) is 15.9. The van der Waals surface area contributed by atoms with Crippen molar-refractivity contribution < 1.29 is 24.4 Å². The Labute approximate surface area is 162 Å². The fourth-order valence-corrected chi connectivity index (χ4v) is 3.85. The van der Waals surface area contributed by atoms with Crippen LogP contribution in [0.1, 0.15) is 51.5 Å². The van der Waals surface area contributed by atoms with E-state index in [4.69, 9.17) is 4.74 Å². The molecule has 0 aromatic heterocycles. The number of rotatable bonds is 4. The number of ketones is 1. The highest BCUT2D eigenvalue weighted by molar-refractivity contribution is 6.08. The van der Waals surface area contributed by atoms with Gasteiger partial charge in [-0.1, -0.05) is 12.1 Å². The molecule has 1 aromatic rings. The van der Waals surface area contributed by atoms with Gasteiger partial charge in [-0.2, -0.15) is 0 Å². The van der Waals surface area contributed by atoms with Gasteiger partial charge in [-0.3, -0.25) is 24.7 Å². The summed E-state index contributed by atoms with van der Waals surface area (Å²) in [6, 6.07) is 3.71. The zero-order valence-electron chi connectivity index (χ0n) is 15.9. The molecule has 1 aliphatic carbocycles. The first kappa shape index (κ1) is 19.7. The van der Waals surface area contributed by atoms with Crippen molar-refractivity contribution in [1.29, 1.82) is 0 Å². The van der Waals surface area contributed by atoms with Gasteiger partial charge in [0, 0.05) is 35.4 Å². The number of nitro groups is 1. The van der Waals surface area contributed by atoms with Crippen LogP contribution in [-0.2, 0) is 14.3 Å². The molecule has 0 saturated carbocycles. The smallest absolute Gasteiger partial charge is 0.315 e. The van der Waals surface area contributed by atoms with Gasteiger partial charge in [-0.15, -0.1) is 0 Å². The highest BCUT2D eigenvalue weighted by Crippen LogP contribution is 2.44. The van der Waals surface area contributed by atoms with Gasteiger partial charge in [-0.25, -0.2) is 0 Å². The van der Waals surface area contributed by atoms with Crippen LogP contribution < -0.4 is 5.11 Å². The number of hydrogen-bond donors (Lipinski definition) is 0. The van der Waals surface area contributed by atoms with Crippen LogP contribution >= 0.6 is 0 Å². The number of hydrogen-bond acceptors (Lipinski definition) is 7. The van der Waals surface area contributed by atoms with Crippen LogP contribution in [0.5, 0.6) is 5.75 Å². The molecule has 1 aliphatic heterocycles. The minimum atomic E-state index is -0.875. The van der Waals surface area contributed by atoms with Crippen molar-refractivity contribution in [2.45, 2.75) is 52.1 Å². The summed E-state index contributed by atoms with van der Waals surface area (Å²) in [5, 5.41) is 23.1. The van der Waals surface area contributed by atoms with E-state index >= 15 is 0 Å². The Bertz CT molecular complexity index is 915. The molecule has 8 nitrogen and oxygen atoms in total. The molecule has 0 radical (unpaired) electrons. The lowest BCUT2D eigenvalue weighted by atomic mass is 9.71. The fourth-order valence-electron chi connectivity index (χ4n) is 3.85. The molecule has 0 spiro atoms. The molecule has 0 fully saturated rings. The van der Waals surface area contributed by atoms with Crippen LogP contribution in [0, 0.1) is 16.0 Å². The molecular weight excluding hydrogens is 364 g/mol. The lowest BCUT2D eigenvalue weighted by Crippen LogP contribution is -2.38. The Hall–Kier alpha value is -3.03. The summed E-state index contributed by atoms with van der Waals surface area (Å²) >= 11 is 0. The monoisotopic (exact) mass is 385 g/mol. The maximum Gasteiger partial charge on any atom is 0.315 e. The quantitative estimate of drug-likeness (QED) is 0.446. The van der Waals surface area contributed by atoms with E-state index in [0.717, 1.165) is 12.1 Å². The molecule has 1 aromatic carbocycles. The average Bonchev–Trinajstić information content (AvgIpc) is 2.60. The Kier molecular flexibility index (Phi) is 5.31. The van der Waals surface area contributed by atoms with Crippen molar-refractivity contribution in [1.82, 2.24) is 0 Å². The van der Waals surface area contributed by atoms with E-state index in [2.05, 4.69) is 4.99 Å². The minimum absolute atomic E-state index is 0.126. The van der Waals surface area contributed by atoms with E-state index in [-0.39, 0.29) is 11.9 Å². The molecule has 1 heterocycles. The normalized spacial score (nSPS) is 22.0. The molecule has 2 atom stereocenters. The van der Waals surface area contributed by atoms with Crippen molar-refractivity contribution in [2.24, 2.45) is 10.9 Å². The molecule has 148 valence electrons. The standard InChI is InChI=1S/C20H22N2O6/c1-10(2)28-20(25)17-11(3)21-13-5-4-6-16(24)19(13)18(17)12-7-8-15(23)14(9-12)22(26)27/h7-10,17-18,23H,4-6H2,1-3H3/p-1/t17?,18-/m1/s1. The van der Waals surface area contributed by atoms with Crippen molar-refractivity contribution in [3.8, 4) is 5.75 Å². The van der Waals surface area contributed by atoms with Crippen molar-refractivity contribution in [3.05, 3.63) is 45.1 Å². The predicted molar refractivity (Wildman–Crippen MR) is 99.0 cm³/mol. The van der Waals surface area contributed by atoms with E-state index < -0.39 is 34.2 Å². The van der Waals surface area contributed by atoms with Crippen LogP contribution in [-0.4, -0.2) is 28.5 Å². The first-order valence-electron chi connectivity index (χ1n) is 9.18. The molecule has 8 heteroatoms. The molecule has 0 bridgehead atoms. The first-order valence-corrected chi connectivity index (χ1v) is 9.18. The number of carbonyl (C=O) groups is 2. The lowest BCUT2D eigenvalue weighted by molar-refractivity contribution is -0.398. The highest BCUT2D eigenvalue weighted by Gasteiger charge is 2.43. The third-order valence-corrected chi connectivity index (χ3v) is 4.98. The Balaban J connectivity index is 2.18. The van der Waals surface area contributed by atoms with Gasteiger partial charge in [0.1, 0.15) is 5.92 Å². The van der Waals surface area contributed by atoms with E-state index in [1.165, 1.54) is 6.07 Å². The third kappa shape index (κ3) is 3.54. The van der Waals surface area contributed by atoms with Gasteiger partial charge < -0.3 is 9.84 Å². The second-order valence-electron chi connectivity index (χ2n) is 7.32. The summed E-state index contributed by atoms with van der Waals surface area (Å²) in [7, 11) is 0. The van der Waals surface area contributed by atoms with Gasteiger partial charge in [-0.05, 0) is 44.9 Å². The number of allylic oxidation sites excluding steroid dienone is 2. The second kappa shape index (κ2) is 7.53. The molecule has 1 unspecified atom stereocenters. The van der Waals surface area contributed by atoms with Gasteiger partial charge in [0.25, 0.3) is 5.69 Å². The Morgan fingerprint density at radius 1 is 1.32 bits per heavy atom. The van der Waals surface area contributed by atoms with Crippen molar-refractivity contribution in [3.63, 3.8) is 0 Å². The van der Waals surface area contributed by atoms with Crippen LogP contribution in [0.4, 0.5) is 5.69 Å². The van der Waals surface area contributed by atoms with E-state index in [1.54, 1.807) is 20.8 Å². The van der Waals surface area contributed by atoms with Gasteiger partial charge >= 0.3 is 5.97 Å². The maximum atomic E-state index is 12.8. The molecule has 0 amide bonds. The predicted octanol–water partition coefficient (Wildman–Crippen LogP) is 2.80. The number of benzene rings is 1. The largest absolute Gasteiger partial charge is 0.868 e. The number of ether oxygens (including phenoxy) is 1. The minimum Gasteiger partial charge on any atom is -0.868 e. The summed E-state index contributed by atoms with van der Waals surface area (Å²) in [5.74, 6) is -3.02. The van der Waals surface area contributed by atoms with Gasteiger partial charge in [0.15, 0.2) is 5.78 Å². The number of aliphatic imine (C=N–C) groups is 1. The molecule has 2 aliphatic rings. The molecule has 3 rings (SSSR count). The van der Waals surface area contributed by atoms with E-state index in [1.807, 2.05) is 0 Å². The fraction of sp³-hybridized carbons (Fsp3) is 0.450. The lowest BCUT2D eigenvalue weighted by Gasteiger charge is -2.34. The van der Waals surface area contributed by atoms with Crippen LogP contribution in [0.25, 0.3) is 0 Å². The molecule has 0 saturated heterocycles. The van der Waals surface area contributed by atoms with Crippen molar-refractivity contribution in [2.75, 3.05) is 0 Å². The summed E-state index contributed by atoms with van der Waals surface area (Å²) in [6.07, 6.45) is 1.24. The second-order valence-corrected chi connectivity index (χ2v) is 7.32. The SMILES string of the molecule is CC1=NC2=C(C(=O)CCC2)[C@H](c2ccc([O-])c([N+](=O)[O-])c2)C1C(=O)OC(C)C. The zero-order chi connectivity index (χ0) is 20.6.